The lowest BCUT2D eigenvalue weighted by atomic mass is 10.2. The minimum atomic E-state index is -0.516. The lowest BCUT2D eigenvalue weighted by Gasteiger charge is -2.36. The van der Waals surface area contributed by atoms with Crippen molar-refractivity contribution >= 4 is 29.5 Å². The topological polar surface area (TPSA) is 83.8 Å². The predicted octanol–water partition coefficient (Wildman–Crippen LogP) is 2.80. The van der Waals surface area contributed by atoms with Crippen molar-refractivity contribution in [2.75, 3.05) is 42.5 Å². The number of piperazine rings is 1. The van der Waals surface area contributed by atoms with Crippen LogP contribution in [0.15, 0.2) is 67.0 Å². The summed E-state index contributed by atoms with van der Waals surface area (Å²) in [5, 5.41) is 7.63. The van der Waals surface area contributed by atoms with Crippen LogP contribution >= 0.6 is 0 Å². The van der Waals surface area contributed by atoms with Crippen molar-refractivity contribution < 1.29 is 18.7 Å². The Labute approximate surface area is 202 Å². The van der Waals surface area contributed by atoms with Crippen LogP contribution in [0.4, 0.5) is 20.6 Å². The molecule has 2 fully saturated rings. The third-order valence-corrected chi connectivity index (χ3v) is 6.13. The van der Waals surface area contributed by atoms with Crippen LogP contribution in [0.25, 0.3) is 6.08 Å². The van der Waals surface area contributed by atoms with Crippen LogP contribution < -0.4 is 9.80 Å². The first-order valence-corrected chi connectivity index (χ1v) is 11.5. The van der Waals surface area contributed by atoms with Crippen molar-refractivity contribution in [2.45, 2.75) is 12.6 Å². The van der Waals surface area contributed by atoms with Crippen molar-refractivity contribution in [2.24, 2.45) is 0 Å². The predicted molar refractivity (Wildman–Crippen MR) is 128 cm³/mol. The zero-order valence-electron chi connectivity index (χ0n) is 19.0. The monoisotopic (exact) mass is 476 g/mol. The van der Waals surface area contributed by atoms with E-state index in [1.165, 1.54) is 11.0 Å². The largest absolute Gasteiger partial charge is 0.442 e. The summed E-state index contributed by atoms with van der Waals surface area (Å²) in [5.41, 5.74) is 1.86. The van der Waals surface area contributed by atoms with Gasteiger partial charge in [0.1, 0.15) is 11.9 Å². The van der Waals surface area contributed by atoms with E-state index in [2.05, 4.69) is 10.3 Å². The molecule has 35 heavy (non-hydrogen) atoms. The van der Waals surface area contributed by atoms with Gasteiger partial charge in [-0.05, 0) is 29.8 Å². The van der Waals surface area contributed by atoms with Crippen LogP contribution in [-0.4, -0.2) is 70.7 Å². The van der Waals surface area contributed by atoms with Gasteiger partial charge in [-0.3, -0.25) is 9.69 Å². The molecule has 2 aliphatic heterocycles. The summed E-state index contributed by atoms with van der Waals surface area (Å²) in [6.45, 7) is 2.73. The lowest BCUT2D eigenvalue weighted by Crippen LogP contribution is -2.48. The molecule has 1 atom stereocenters. The van der Waals surface area contributed by atoms with Gasteiger partial charge in [-0.15, -0.1) is 5.10 Å². The van der Waals surface area contributed by atoms with Gasteiger partial charge >= 0.3 is 6.09 Å². The standard InChI is InChI=1S/C25H25FN6O3/c26-22-16-20(32-18-21(35-25(32)34)17-31-11-10-27-28-31)7-8-23(22)29-12-14-30(15-13-29)24(33)9-6-19-4-2-1-3-5-19/h1-11,16,21H,12-15,17-18H2/b9-6+/t21-/m0/s1. The van der Waals surface area contributed by atoms with Crippen LogP contribution in [0.5, 0.6) is 0 Å². The zero-order chi connectivity index (χ0) is 24.2. The zero-order valence-corrected chi connectivity index (χ0v) is 19.0. The molecule has 5 rings (SSSR count). The smallest absolute Gasteiger partial charge is 0.414 e. The molecule has 2 amide bonds. The molecule has 2 aliphatic rings. The van der Waals surface area contributed by atoms with Crippen molar-refractivity contribution in [1.29, 1.82) is 0 Å². The number of aromatic nitrogens is 3. The molecule has 2 saturated heterocycles. The number of anilines is 2. The fourth-order valence-corrected chi connectivity index (χ4v) is 4.29. The number of cyclic esters (lactones) is 1. The molecule has 0 unspecified atom stereocenters. The van der Waals surface area contributed by atoms with Crippen LogP contribution in [0.1, 0.15) is 5.56 Å². The first-order valence-electron chi connectivity index (χ1n) is 11.5. The highest BCUT2D eigenvalue weighted by atomic mass is 19.1. The second kappa shape index (κ2) is 9.96. The van der Waals surface area contributed by atoms with Crippen LogP contribution in [0, 0.1) is 5.82 Å². The van der Waals surface area contributed by atoms with Gasteiger partial charge in [0, 0.05) is 38.5 Å². The van der Waals surface area contributed by atoms with E-state index in [0.29, 0.717) is 50.6 Å². The number of benzene rings is 2. The van der Waals surface area contributed by atoms with Crippen LogP contribution in [-0.2, 0) is 16.1 Å². The number of nitrogens with zero attached hydrogens (tertiary/aromatic N) is 6. The number of halogens is 1. The van der Waals surface area contributed by atoms with E-state index in [9.17, 15) is 9.59 Å². The second-order valence-electron chi connectivity index (χ2n) is 8.43. The van der Waals surface area contributed by atoms with Crippen molar-refractivity contribution in [1.82, 2.24) is 19.9 Å². The van der Waals surface area contributed by atoms with E-state index >= 15 is 4.39 Å². The average Bonchev–Trinajstić information content (AvgIpc) is 3.53. The number of carbonyl (C=O) groups is 2. The minimum absolute atomic E-state index is 0.0580. The fraction of sp³-hybridized carbons (Fsp3) is 0.280. The van der Waals surface area contributed by atoms with Gasteiger partial charge in [-0.2, -0.15) is 0 Å². The number of ether oxygens (including phenoxy) is 1. The van der Waals surface area contributed by atoms with Gasteiger partial charge in [0.25, 0.3) is 0 Å². The quantitative estimate of drug-likeness (QED) is 0.509. The molecule has 180 valence electrons. The molecule has 0 bridgehead atoms. The third kappa shape index (κ3) is 5.16. The van der Waals surface area contributed by atoms with Crippen molar-refractivity contribution in [3.63, 3.8) is 0 Å². The highest BCUT2D eigenvalue weighted by Gasteiger charge is 2.33. The van der Waals surface area contributed by atoms with E-state index in [1.54, 1.807) is 46.3 Å². The number of carbonyl (C=O) groups excluding carboxylic acids is 2. The molecular formula is C25H25FN6O3. The minimum Gasteiger partial charge on any atom is -0.442 e. The fourth-order valence-electron chi connectivity index (χ4n) is 4.29. The Bertz CT molecular complexity index is 1210. The molecule has 0 N–H and O–H groups in total. The normalized spacial score (nSPS) is 18.4. The van der Waals surface area contributed by atoms with Gasteiger partial charge in [-0.1, -0.05) is 35.5 Å². The maximum Gasteiger partial charge on any atom is 0.414 e. The summed E-state index contributed by atoms with van der Waals surface area (Å²) in [4.78, 5) is 30.0. The molecule has 10 heteroatoms. The molecular weight excluding hydrogens is 451 g/mol. The Balaban J connectivity index is 1.18. The number of hydrogen-bond donors (Lipinski definition) is 0. The maximum atomic E-state index is 15.0. The first kappa shape index (κ1) is 22.6. The molecule has 9 nitrogen and oxygen atoms in total. The van der Waals surface area contributed by atoms with E-state index in [1.807, 2.05) is 35.2 Å². The summed E-state index contributed by atoms with van der Waals surface area (Å²) >= 11 is 0. The third-order valence-electron chi connectivity index (χ3n) is 6.13. The summed E-state index contributed by atoms with van der Waals surface area (Å²) < 4.78 is 22.0. The number of amides is 2. The Kier molecular flexibility index (Phi) is 6.42. The van der Waals surface area contributed by atoms with E-state index < -0.39 is 18.0 Å². The van der Waals surface area contributed by atoms with E-state index in [0.717, 1.165) is 5.56 Å². The summed E-state index contributed by atoms with van der Waals surface area (Å²) in [7, 11) is 0. The number of rotatable bonds is 6. The van der Waals surface area contributed by atoms with Crippen LogP contribution in [0.3, 0.4) is 0 Å². The molecule has 2 aromatic carbocycles. The summed E-state index contributed by atoms with van der Waals surface area (Å²) in [5.74, 6) is -0.476. The van der Waals surface area contributed by atoms with Gasteiger partial charge in [-0.25, -0.2) is 13.9 Å². The molecule has 0 saturated carbocycles. The van der Waals surface area contributed by atoms with E-state index in [4.69, 9.17) is 4.74 Å². The SMILES string of the molecule is O=C(/C=C/c1ccccc1)N1CCN(c2ccc(N3C[C@H](Cn4ccnn4)OC3=O)cc2F)CC1. The highest BCUT2D eigenvalue weighted by molar-refractivity contribution is 5.92. The van der Waals surface area contributed by atoms with Gasteiger partial charge in [0.15, 0.2) is 0 Å². The van der Waals surface area contributed by atoms with Gasteiger partial charge in [0.2, 0.25) is 5.91 Å². The van der Waals surface area contributed by atoms with Gasteiger partial charge in [0.05, 0.1) is 30.7 Å². The molecule has 3 aromatic rings. The Morgan fingerprint density at radius 2 is 1.91 bits per heavy atom. The first-order chi connectivity index (χ1) is 17.1. The molecule has 1 aromatic heterocycles. The van der Waals surface area contributed by atoms with E-state index in [-0.39, 0.29) is 5.91 Å². The molecule has 0 radical (unpaired) electrons. The molecule has 0 spiro atoms. The molecule has 3 heterocycles. The summed E-state index contributed by atoms with van der Waals surface area (Å²) in [6.07, 6.45) is 5.71. The Hall–Kier alpha value is -4.21. The summed E-state index contributed by atoms with van der Waals surface area (Å²) in [6, 6.07) is 14.4. The Morgan fingerprint density at radius 3 is 2.63 bits per heavy atom. The lowest BCUT2D eigenvalue weighted by molar-refractivity contribution is -0.126. The maximum absolute atomic E-state index is 15.0. The Morgan fingerprint density at radius 1 is 1.11 bits per heavy atom. The van der Waals surface area contributed by atoms with Crippen LogP contribution in [0.2, 0.25) is 0 Å². The number of hydrogen-bond acceptors (Lipinski definition) is 6. The average molecular weight is 477 g/mol. The van der Waals surface area contributed by atoms with Crippen molar-refractivity contribution in [3.8, 4) is 0 Å². The highest BCUT2D eigenvalue weighted by Crippen LogP contribution is 2.29. The van der Waals surface area contributed by atoms with Gasteiger partial charge < -0.3 is 14.5 Å². The molecule has 0 aliphatic carbocycles. The second-order valence-corrected chi connectivity index (χ2v) is 8.43. The van der Waals surface area contributed by atoms with Crippen molar-refractivity contribution in [3.05, 3.63) is 78.4 Å².